The van der Waals surface area contributed by atoms with Crippen molar-refractivity contribution >= 4 is 11.6 Å². The summed E-state index contributed by atoms with van der Waals surface area (Å²) in [5.41, 5.74) is 0. The van der Waals surface area contributed by atoms with Crippen LogP contribution in [0.25, 0.3) is 0 Å². The highest BCUT2D eigenvalue weighted by molar-refractivity contribution is 6.23. The standard InChI is InChI=1S/C9H15ClO/c1-9(2,10)7-4-3-5-8(11)6-7/h3,5,7-8,11H,4,6H2,1-2H3/t7-,8+/m1/s1. The van der Waals surface area contributed by atoms with Crippen molar-refractivity contribution in [3.63, 3.8) is 0 Å². The minimum Gasteiger partial charge on any atom is -0.389 e. The van der Waals surface area contributed by atoms with Gasteiger partial charge in [-0.2, -0.15) is 0 Å². The molecule has 0 saturated heterocycles. The zero-order valence-corrected chi connectivity index (χ0v) is 7.80. The molecular formula is C9H15ClO. The third kappa shape index (κ3) is 2.49. The lowest BCUT2D eigenvalue weighted by Gasteiger charge is -2.31. The Morgan fingerprint density at radius 1 is 1.55 bits per heavy atom. The summed E-state index contributed by atoms with van der Waals surface area (Å²) in [7, 11) is 0. The smallest absolute Gasteiger partial charge is 0.0724 e. The van der Waals surface area contributed by atoms with Gasteiger partial charge >= 0.3 is 0 Å². The van der Waals surface area contributed by atoms with Crippen molar-refractivity contribution in [2.45, 2.75) is 37.7 Å². The zero-order valence-electron chi connectivity index (χ0n) is 7.05. The third-order valence-electron chi connectivity index (χ3n) is 2.28. The number of allylic oxidation sites excluding steroid dienone is 1. The number of aliphatic hydroxyl groups is 1. The summed E-state index contributed by atoms with van der Waals surface area (Å²) in [5, 5.41) is 9.30. The fourth-order valence-corrected chi connectivity index (χ4v) is 1.60. The van der Waals surface area contributed by atoms with Gasteiger partial charge in [-0.3, -0.25) is 0 Å². The molecule has 11 heavy (non-hydrogen) atoms. The van der Waals surface area contributed by atoms with Crippen LogP contribution in [0.4, 0.5) is 0 Å². The van der Waals surface area contributed by atoms with Crippen LogP contribution in [-0.4, -0.2) is 16.1 Å². The quantitative estimate of drug-likeness (QED) is 0.478. The first-order chi connectivity index (χ1) is 5.00. The summed E-state index contributed by atoms with van der Waals surface area (Å²) in [6.07, 6.45) is 5.37. The lowest BCUT2D eigenvalue weighted by molar-refractivity contribution is 0.166. The monoisotopic (exact) mass is 174 g/mol. The molecule has 0 saturated carbocycles. The molecule has 0 bridgehead atoms. The van der Waals surface area contributed by atoms with Gasteiger partial charge in [-0.15, -0.1) is 11.6 Å². The highest BCUT2D eigenvalue weighted by Crippen LogP contribution is 2.33. The summed E-state index contributed by atoms with van der Waals surface area (Å²) in [4.78, 5) is -0.189. The van der Waals surface area contributed by atoms with Gasteiger partial charge in [0.05, 0.1) is 6.10 Å². The Kier molecular flexibility index (Phi) is 2.61. The van der Waals surface area contributed by atoms with E-state index in [-0.39, 0.29) is 11.0 Å². The highest BCUT2D eigenvalue weighted by Gasteiger charge is 2.29. The first-order valence-corrected chi connectivity index (χ1v) is 4.41. The third-order valence-corrected chi connectivity index (χ3v) is 2.58. The molecule has 1 aliphatic carbocycles. The van der Waals surface area contributed by atoms with Crippen LogP contribution in [0.5, 0.6) is 0 Å². The van der Waals surface area contributed by atoms with Gasteiger partial charge in [0, 0.05) is 4.87 Å². The van der Waals surface area contributed by atoms with Crippen LogP contribution >= 0.6 is 11.6 Å². The predicted molar refractivity (Wildman–Crippen MR) is 47.8 cm³/mol. The van der Waals surface area contributed by atoms with E-state index in [0.29, 0.717) is 5.92 Å². The maximum Gasteiger partial charge on any atom is 0.0724 e. The second-order valence-corrected chi connectivity index (χ2v) is 4.70. The summed E-state index contributed by atoms with van der Waals surface area (Å²) in [5.74, 6) is 0.407. The van der Waals surface area contributed by atoms with Gasteiger partial charge in [0.25, 0.3) is 0 Å². The number of hydrogen-bond donors (Lipinski definition) is 1. The van der Waals surface area contributed by atoms with Crippen LogP contribution in [0.2, 0.25) is 0 Å². The van der Waals surface area contributed by atoms with Gasteiger partial charge < -0.3 is 5.11 Å². The fourth-order valence-electron chi connectivity index (χ4n) is 1.43. The van der Waals surface area contributed by atoms with Crippen molar-refractivity contribution in [2.24, 2.45) is 5.92 Å². The van der Waals surface area contributed by atoms with E-state index in [1.54, 1.807) is 0 Å². The molecular weight excluding hydrogens is 160 g/mol. The first-order valence-electron chi connectivity index (χ1n) is 4.04. The topological polar surface area (TPSA) is 20.2 Å². The van der Waals surface area contributed by atoms with Gasteiger partial charge in [0.2, 0.25) is 0 Å². The zero-order chi connectivity index (χ0) is 8.48. The summed E-state index contributed by atoms with van der Waals surface area (Å²) in [6, 6.07) is 0. The Hall–Kier alpha value is -0.0100. The van der Waals surface area contributed by atoms with Crippen molar-refractivity contribution in [1.29, 1.82) is 0 Å². The molecule has 1 nitrogen and oxygen atoms in total. The van der Waals surface area contributed by atoms with E-state index in [1.807, 2.05) is 26.0 Å². The molecule has 1 rings (SSSR count). The van der Waals surface area contributed by atoms with E-state index in [1.165, 1.54) is 0 Å². The van der Waals surface area contributed by atoms with Crippen LogP contribution in [0, 0.1) is 5.92 Å². The normalized spacial score (nSPS) is 32.4. The molecule has 0 aromatic rings. The van der Waals surface area contributed by atoms with Crippen LogP contribution < -0.4 is 0 Å². The van der Waals surface area contributed by atoms with E-state index < -0.39 is 0 Å². The molecule has 2 atom stereocenters. The maximum absolute atomic E-state index is 9.30. The molecule has 0 unspecified atom stereocenters. The predicted octanol–water partition coefficient (Wildman–Crippen LogP) is 2.33. The molecule has 0 spiro atoms. The highest BCUT2D eigenvalue weighted by atomic mass is 35.5. The minimum atomic E-state index is -0.285. The molecule has 1 aliphatic rings. The molecule has 0 radical (unpaired) electrons. The van der Waals surface area contributed by atoms with Gasteiger partial charge in [-0.25, -0.2) is 0 Å². The molecule has 0 fully saturated rings. The van der Waals surface area contributed by atoms with Crippen molar-refractivity contribution < 1.29 is 5.11 Å². The number of alkyl halides is 1. The summed E-state index contributed by atoms with van der Waals surface area (Å²) >= 11 is 6.13. The Bertz CT molecular complexity index is 157. The number of rotatable bonds is 1. The summed E-state index contributed by atoms with van der Waals surface area (Å²) in [6.45, 7) is 4.01. The average Bonchev–Trinajstić information content (AvgIpc) is 1.86. The first kappa shape index (κ1) is 9.08. The Balaban J connectivity index is 2.57. The molecule has 0 aromatic carbocycles. The molecule has 2 heteroatoms. The van der Waals surface area contributed by atoms with Crippen molar-refractivity contribution in [3.8, 4) is 0 Å². The van der Waals surface area contributed by atoms with E-state index in [0.717, 1.165) is 12.8 Å². The van der Waals surface area contributed by atoms with Gasteiger partial charge in [-0.05, 0) is 32.6 Å². The number of halogens is 1. The van der Waals surface area contributed by atoms with Crippen LogP contribution in [0.1, 0.15) is 26.7 Å². The Labute approximate surface area is 73.1 Å². The Morgan fingerprint density at radius 3 is 2.55 bits per heavy atom. The fraction of sp³-hybridized carbons (Fsp3) is 0.778. The molecule has 0 aliphatic heterocycles. The average molecular weight is 175 g/mol. The SMILES string of the molecule is CC(C)(Cl)[C@@H]1CC=C[C@H](O)C1. The second kappa shape index (κ2) is 3.16. The van der Waals surface area contributed by atoms with E-state index in [4.69, 9.17) is 11.6 Å². The van der Waals surface area contributed by atoms with E-state index in [2.05, 4.69) is 0 Å². The molecule has 0 amide bonds. The van der Waals surface area contributed by atoms with Crippen molar-refractivity contribution in [2.75, 3.05) is 0 Å². The van der Waals surface area contributed by atoms with Crippen LogP contribution in [0.3, 0.4) is 0 Å². The largest absolute Gasteiger partial charge is 0.389 e. The molecule has 0 aromatic heterocycles. The lowest BCUT2D eigenvalue weighted by atomic mass is 9.83. The Morgan fingerprint density at radius 2 is 2.18 bits per heavy atom. The molecule has 0 heterocycles. The maximum atomic E-state index is 9.30. The minimum absolute atomic E-state index is 0.189. The van der Waals surface area contributed by atoms with Gasteiger partial charge in [-0.1, -0.05) is 12.2 Å². The van der Waals surface area contributed by atoms with Crippen molar-refractivity contribution in [3.05, 3.63) is 12.2 Å². The number of hydrogen-bond acceptors (Lipinski definition) is 1. The van der Waals surface area contributed by atoms with Crippen LogP contribution in [-0.2, 0) is 0 Å². The van der Waals surface area contributed by atoms with Gasteiger partial charge in [0.15, 0.2) is 0 Å². The van der Waals surface area contributed by atoms with E-state index in [9.17, 15) is 5.11 Å². The van der Waals surface area contributed by atoms with Crippen LogP contribution in [0.15, 0.2) is 12.2 Å². The second-order valence-electron chi connectivity index (χ2n) is 3.73. The van der Waals surface area contributed by atoms with Gasteiger partial charge in [0.1, 0.15) is 0 Å². The van der Waals surface area contributed by atoms with Crippen molar-refractivity contribution in [1.82, 2.24) is 0 Å². The van der Waals surface area contributed by atoms with E-state index >= 15 is 0 Å². The molecule has 64 valence electrons. The number of aliphatic hydroxyl groups excluding tert-OH is 1. The molecule has 1 N–H and O–H groups in total. The lowest BCUT2D eigenvalue weighted by Crippen LogP contribution is -2.29. The summed E-state index contributed by atoms with van der Waals surface area (Å²) < 4.78 is 0.